The van der Waals surface area contributed by atoms with Crippen molar-refractivity contribution in [2.24, 2.45) is 0 Å². The molecule has 11 N–H and O–H groups in total. The van der Waals surface area contributed by atoms with Gasteiger partial charge in [0, 0.05) is 17.7 Å². The minimum atomic E-state index is -1.95. The van der Waals surface area contributed by atoms with Crippen LogP contribution in [0.4, 0.5) is 0 Å². The normalized spacial score (nSPS) is 33.1. The van der Waals surface area contributed by atoms with E-state index in [4.69, 9.17) is 18.6 Å². The predicted octanol–water partition coefficient (Wildman–Crippen LogP) is -2.38. The highest BCUT2D eigenvalue weighted by Crippen LogP contribution is 2.45. The van der Waals surface area contributed by atoms with Crippen molar-refractivity contribution in [3.8, 4) is 34.3 Å². The number of aliphatic hydroxyl groups excluding tert-OH is 7. The average Bonchev–Trinajstić information content (AvgIpc) is 2.97. The number of aromatic hydroxyl groups is 4. The first-order valence-electron chi connectivity index (χ1n) is 13.0. The quantitative estimate of drug-likeness (QED) is 0.130. The Balaban J connectivity index is 1.67. The van der Waals surface area contributed by atoms with Gasteiger partial charge in [-0.2, -0.15) is 0 Å². The van der Waals surface area contributed by atoms with Crippen LogP contribution in [0.5, 0.6) is 23.0 Å². The summed E-state index contributed by atoms with van der Waals surface area (Å²) in [5.74, 6) is -2.70. The number of ether oxygens (including phenoxy) is 3. The minimum Gasteiger partial charge on any atom is -0.507 e. The molecule has 16 heteroatoms. The Hall–Kier alpha value is -3.55. The van der Waals surface area contributed by atoms with Crippen LogP contribution in [-0.4, -0.2) is 125 Å². The summed E-state index contributed by atoms with van der Waals surface area (Å²) in [6, 6.07) is 5.24. The van der Waals surface area contributed by atoms with Crippen LogP contribution in [0.3, 0.4) is 0 Å². The van der Waals surface area contributed by atoms with Gasteiger partial charge in [-0.15, -0.1) is 0 Å². The molecule has 10 atom stereocenters. The fourth-order valence-electron chi connectivity index (χ4n) is 5.22. The molecular weight excluding hydrogens is 580 g/mol. The Bertz CT molecular complexity index is 1540. The van der Waals surface area contributed by atoms with Gasteiger partial charge in [0.15, 0.2) is 28.8 Å². The lowest BCUT2D eigenvalue weighted by molar-refractivity contribution is -0.342. The standard InChI is InChI=1S/C27H30O16/c28-6-15-20(36)22(38)26(43-27-23(39)21(37)19(35)16(7-29)42-27)25(41-15)18-12(33)4-11(32)17-13(34)5-14(40-24(17)18)8-1-2-9(30)10(31)3-8/h1-5,15-16,19-23,25-33,35-39H,6-7H2/t15-,16-,19-,20-,21-,22-,23-,25-,26-,27-/m1/s1. The number of hydrogen-bond acceptors (Lipinski definition) is 16. The summed E-state index contributed by atoms with van der Waals surface area (Å²) in [4.78, 5) is 13.2. The first-order valence-corrected chi connectivity index (χ1v) is 13.0. The molecule has 2 fully saturated rings. The molecule has 0 aliphatic carbocycles. The van der Waals surface area contributed by atoms with Crippen LogP contribution >= 0.6 is 0 Å². The minimum absolute atomic E-state index is 0.0884. The number of benzene rings is 2. The highest BCUT2D eigenvalue weighted by molar-refractivity contribution is 5.89. The maximum atomic E-state index is 13.2. The number of fused-ring (bicyclic) bond motifs is 1. The summed E-state index contributed by atoms with van der Waals surface area (Å²) in [5, 5.41) is 113. The van der Waals surface area contributed by atoms with Gasteiger partial charge < -0.3 is 74.8 Å². The maximum Gasteiger partial charge on any atom is 0.197 e. The molecule has 0 radical (unpaired) electrons. The molecule has 2 saturated heterocycles. The Labute approximate surface area is 241 Å². The second-order valence-corrected chi connectivity index (χ2v) is 10.3. The Kier molecular flexibility index (Phi) is 8.52. The second-order valence-electron chi connectivity index (χ2n) is 10.3. The van der Waals surface area contributed by atoms with Crippen molar-refractivity contribution >= 4 is 11.0 Å². The Morgan fingerprint density at radius 3 is 2.00 bits per heavy atom. The monoisotopic (exact) mass is 610 g/mol. The van der Waals surface area contributed by atoms with Gasteiger partial charge >= 0.3 is 0 Å². The van der Waals surface area contributed by atoms with Crippen LogP contribution in [0.1, 0.15) is 11.7 Å². The van der Waals surface area contributed by atoms with Crippen molar-refractivity contribution in [2.45, 2.75) is 61.2 Å². The van der Waals surface area contributed by atoms with Crippen molar-refractivity contribution in [1.82, 2.24) is 0 Å². The fourth-order valence-corrected chi connectivity index (χ4v) is 5.22. The van der Waals surface area contributed by atoms with E-state index in [1.807, 2.05) is 0 Å². The first-order chi connectivity index (χ1) is 20.4. The third-order valence-corrected chi connectivity index (χ3v) is 7.55. The molecule has 0 amide bonds. The van der Waals surface area contributed by atoms with Crippen LogP contribution in [0.2, 0.25) is 0 Å². The van der Waals surface area contributed by atoms with Crippen LogP contribution in [0.25, 0.3) is 22.3 Å². The van der Waals surface area contributed by atoms with Crippen LogP contribution in [0.15, 0.2) is 39.5 Å². The number of phenolic OH excluding ortho intramolecular Hbond substituents is 4. The fraction of sp³-hybridized carbons (Fsp3) is 0.444. The maximum absolute atomic E-state index is 13.2. The number of phenols is 4. The zero-order chi connectivity index (χ0) is 31.3. The number of aliphatic hydroxyl groups is 7. The smallest absolute Gasteiger partial charge is 0.197 e. The third-order valence-electron chi connectivity index (χ3n) is 7.55. The van der Waals surface area contributed by atoms with Crippen molar-refractivity contribution in [3.05, 3.63) is 46.1 Å². The number of rotatable bonds is 6. The molecule has 2 aromatic carbocycles. The van der Waals surface area contributed by atoms with Gasteiger partial charge in [0.1, 0.15) is 77.6 Å². The molecule has 1 aromatic heterocycles. The van der Waals surface area contributed by atoms with Crippen molar-refractivity contribution in [3.63, 3.8) is 0 Å². The zero-order valence-corrected chi connectivity index (χ0v) is 22.0. The topological polar surface area (TPSA) is 280 Å². The van der Waals surface area contributed by atoms with E-state index in [0.29, 0.717) is 0 Å². The van der Waals surface area contributed by atoms with E-state index in [2.05, 4.69) is 0 Å². The zero-order valence-electron chi connectivity index (χ0n) is 22.0. The molecule has 2 aliphatic heterocycles. The Morgan fingerprint density at radius 2 is 1.35 bits per heavy atom. The van der Waals surface area contributed by atoms with E-state index in [0.717, 1.165) is 24.3 Å². The average molecular weight is 611 g/mol. The highest BCUT2D eigenvalue weighted by Gasteiger charge is 2.52. The molecule has 0 spiro atoms. The van der Waals surface area contributed by atoms with Gasteiger partial charge in [0.05, 0.1) is 18.8 Å². The molecule has 16 nitrogen and oxygen atoms in total. The molecule has 43 heavy (non-hydrogen) atoms. The van der Waals surface area contributed by atoms with Gasteiger partial charge in [-0.05, 0) is 18.2 Å². The lowest BCUT2D eigenvalue weighted by Gasteiger charge is -2.46. The van der Waals surface area contributed by atoms with E-state index >= 15 is 0 Å². The van der Waals surface area contributed by atoms with Crippen LogP contribution in [-0.2, 0) is 14.2 Å². The van der Waals surface area contributed by atoms with Gasteiger partial charge in [0.25, 0.3) is 0 Å². The van der Waals surface area contributed by atoms with Gasteiger partial charge in [-0.3, -0.25) is 4.79 Å². The lowest BCUT2D eigenvalue weighted by atomic mass is 9.89. The second kappa shape index (κ2) is 11.9. The van der Waals surface area contributed by atoms with E-state index < -0.39 is 119 Å². The predicted molar refractivity (Wildman–Crippen MR) is 140 cm³/mol. The number of hydrogen-bond donors (Lipinski definition) is 11. The molecular formula is C27H30O16. The van der Waals surface area contributed by atoms with E-state index in [1.165, 1.54) is 6.07 Å². The molecule has 3 heterocycles. The summed E-state index contributed by atoms with van der Waals surface area (Å²) in [7, 11) is 0. The van der Waals surface area contributed by atoms with Gasteiger partial charge in [-0.25, -0.2) is 0 Å². The van der Waals surface area contributed by atoms with Crippen molar-refractivity contribution in [2.75, 3.05) is 13.2 Å². The summed E-state index contributed by atoms with van der Waals surface area (Å²) >= 11 is 0. The van der Waals surface area contributed by atoms with Gasteiger partial charge in [-0.1, -0.05) is 0 Å². The molecule has 2 aliphatic rings. The van der Waals surface area contributed by atoms with E-state index in [9.17, 15) is 61.0 Å². The molecule has 0 unspecified atom stereocenters. The summed E-state index contributed by atoms with van der Waals surface area (Å²) < 4.78 is 22.7. The van der Waals surface area contributed by atoms with Gasteiger partial charge in [0.2, 0.25) is 0 Å². The van der Waals surface area contributed by atoms with Crippen LogP contribution < -0.4 is 5.43 Å². The van der Waals surface area contributed by atoms with E-state index in [1.54, 1.807) is 0 Å². The largest absolute Gasteiger partial charge is 0.507 e. The summed E-state index contributed by atoms with van der Waals surface area (Å²) in [5.41, 5.74) is -1.66. The summed E-state index contributed by atoms with van der Waals surface area (Å²) in [6.45, 7) is -1.66. The highest BCUT2D eigenvalue weighted by atomic mass is 16.7. The van der Waals surface area contributed by atoms with E-state index in [-0.39, 0.29) is 11.3 Å². The van der Waals surface area contributed by atoms with Crippen molar-refractivity contribution < 1.29 is 74.8 Å². The lowest BCUT2D eigenvalue weighted by Crippen LogP contribution is -2.62. The third kappa shape index (κ3) is 5.38. The summed E-state index contributed by atoms with van der Waals surface area (Å²) in [6.07, 6.45) is -17.7. The van der Waals surface area contributed by atoms with Crippen LogP contribution in [0, 0.1) is 0 Å². The van der Waals surface area contributed by atoms with Crippen molar-refractivity contribution in [1.29, 1.82) is 0 Å². The Morgan fingerprint density at radius 1 is 0.698 bits per heavy atom. The first kappa shape index (κ1) is 30.9. The molecule has 234 valence electrons. The molecule has 0 saturated carbocycles. The molecule has 3 aromatic rings. The SMILES string of the molecule is O=c1cc(-c2ccc(O)c(O)c2)oc2c([C@H]3O[C@H](CO)[C@@H](O)[C@@H](O)[C@H]3O[C@H]3O[C@H](CO)[C@@H](O)[C@@H](O)[C@H]3O)c(O)cc(O)c12. The molecule has 0 bridgehead atoms. The molecule has 5 rings (SSSR count).